The quantitative estimate of drug-likeness (QED) is 0.776. The summed E-state index contributed by atoms with van der Waals surface area (Å²) in [6.07, 6.45) is 1.37. The first kappa shape index (κ1) is 14.5. The van der Waals surface area contributed by atoms with Crippen LogP contribution < -0.4 is 15.4 Å². The second kappa shape index (κ2) is 7.71. The average Bonchev–Trinajstić information content (AvgIpc) is 2.41. The van der Waals surface area contributed by atoms with Crippen molar-refractivity contribution in [1.82, 2.24) is 10.6 Å². The van der Waals surface area contributed by atoms with Crippen LogP contribution in [0.5, 0.6) is 5.75 Å². The van der Waals surface area contributed by atoms with Crippen molar-refractivity contribution in [3.05, 3.63) is 29.8 Å². The normalized spacial score (nSPS) is 11.9. The van der Waals surface area contributed by atoms with Crippen LogP contribution >= 0.6 is 0 Å². The molecule has 18 heavy (non-hydrogen) atoms. The molecule has 0 fully saturated rings. The summed E-state index contributed by atoms with van der Waals surface area (Å²) in [4.78, 5) is 11.1. The molecule has 0 radical (unpaired) electrons. The topological polar surface area (TPSA) is 50.4 Å². The zero-order valence-electron chi connectivity index (χ0n) is 11.3. The summed E-state index contributed by atoms with van der Waals surface area (Å²) in [5.41, 5.74) is 1.14. The summed E-state index contributed by atoms with van der Waals surface area (Å²) in [6, 6.07) is 8.22. The van der Waals surface area contributed by atoms with Gasteiger partial charge in [0.05, 0.1) is 13.0 Å². The van der Waals surface area contributed by atoms with Gasteiger partial charge in [0.1, 0.15) is 5.75 Å². The molecule has 2 N–H and O–H groups in total. The molecule has 0 bridgehead atoms. The smallest absolute Gasteiger partial charge is 0.223 e. The van der Waals surface area contributed by atoms with E-state index >= 15 is 0 Å². The lowest BCUT2D eigenvalue weighted by molar-refractivity contribution is -0.121. The van der Waals surface area contributed by atoms with Gasteiger partial charge in [0.25, 0.3) is 0 Å². The fraction of sp³-hybridized carbons (Fsp3) is 0.500. The Morgan fingerprint density at radius 2 is 2.06 bits per heavy atom. The van der Waals surface area contributed by atoms with E-state index in [1.165, 1.54) is 0 Å². The Hall–Kier alpha value is -1.55. The van der Waals surface area contributed by atoms with Crippen LogP contribution in [0.15, 0.2) is 24.3 Å². The largest absolute Gasteiger partial charge is 0.493 e. The van der Waals surface area contributed by atoms with Crippen LogP contribution in [0.1, 0.15) is 31.4 Å². The molecule has 0 aliphatic carbocycles. The third kappa shape index (κ3) is 4.04. The van der Waals surface area contributed by atoms with Crippen molar-refractivity contribution in [3.63, 3.8) is 0 Å². The number of hydrogen-bond donors (Lipinski definition) is 2. The summed E-state index contributed by atoms with van der Waals surface area (Å²) < 4.78 is 5.69. The predicted molar refractivity (Wildman–Crippen MR) is 72.7 cm³/mol. The van der Waals surface area contributed by atoms with E-state index in [9.17, 15) is 4.79 Å². The molecule has 1 aromatic rings. The van der Waals surface area contributed by atoms with Gasteiger partial charge in [-0.15, -0.1) is 0 Å². The molecular weight excluding hydrogens is 228 g/mol. The molecular formula is C14H22N2O2. The fourth-order valence-electron chi connectivity index (χ4n) is 1.86. The molecule has 100 valence electrons. The van der Waals surface area contributed by atoms with E-state index in [0.717, 1.165) is 17.7 Å². The number of carbonyl (C=O) groups is 1. The summed E-state index contributed by atoms with van der Waals surface area (Å²) >= 11 is 0. The van der Waals surface area contributed by atoms with Crippen LogP contribution in [0, 0.1) is 0 Å². The van der Waals surface area contributed by atoms with Gasteiger partial charge in [-0.2, -0.15) is 0 Å². The summed E-state index contributed by atoms with van der Waals surface area (Å²) in [6.45, 7) is 2.53. The SMILES string of the molecule is CCC(NC)c1ccccc1OCCC(=O)NC. The Kier molecular flexibility index (Phi) is 6.22. The third-order valence-corrected chi connectivity index (χ3v) is 2.92. The second-order valence-electron chi connectivity index (χ2n) is 4.06. The first-order valence-electron chi connectivity index (χ1n) is 6.32. The highest BCUT2D eigenvalue weighted by Gasteiger charge is 2.12. The minimum Gasteiger partial charge on any atom is -0.493 e. The summed E-state index contributed by atoms with van der Waals surface area (Å²) in [5.74, 6) is 0.843. The number of benzene rings is 1. The number of ether oxygens (including phenoxy) is 1. The van der Waals surface area contributed by atoms with Crippen LogP contribution in [0.3, 0.4) is 0 Å². The monoisotopic (exact) mass is 250 g/mol. The van der Waals surface area contributed by atoms with Gasteiger partial charge in [-0.3, -0.25) is 4.79 Å². The summed E-state index contributed by atoms with van der Waals surface area (Å²) in [5, 5.41) is 5.84. The lowest BCUT2D eigenvalue weighted by Gasteiger charge is -2.18. The molecule has 4 nitrogen and oxygen atoms in total. The van der Waals surface area contributed by atoms with Crippen LogP contribution in [0.25, 0.3) is 0 Å². The zero-order chi connectivity index (χ0) is 13.4. The standard InChI is InChI=1S/C14H22N2O2/c1-4-12(15-2)11-7-5-6-8-13(11)18-10-9-14(17)16-3/h5-8,12,15H,4,9-10H2,1-3H3,(H,16,17). The number of amides is 1. The van der Waals surface area contributed by atoms with Crippen molar-refractivity contribution in [2.45, 2.75) is 25.8 Å². The molecule has 1 unspecified atom stereocenters. The first-order valence-corrected chi connectivity index (χ1v) is 6.32. The predicted octanol–water partition coefficient (Wildman–Crippen LogP) is 1.87. The van der Waals surface area contributed by atoms with Crippen molar-refractivity contribution < 1.29 is 9.53 Å². The molecule has 0 spiro atoms. The number of hydrogen-bond acceptors (Lipinski definition) is 3. The molecule has 1 rings (SSSR count). The van der Waals surface area contributed by atoms with Crippen LogP contribution in [0.4, 0.5) is 0 Å². The lowest BCUT2D eigenvalue weighted by atomic mass is 10.0. The molecule has 1 aromatic carbocycles. The molecule has 0 aliphatic rings. The Morgan fingerprint density at radius 3 is 2.67 bits per heavy atom. The van der Waals surface area contributed by atoms with E-state index in [0.29, 0.717) is 13.0 Å². The van der Waals surface area contributed by atoms with E-state index in [-0.39, 0.29) is 11.9 Å². The minimum absolute atomic E-state index is 0.00635. The van der Waals surface area contributed by atoms with Gasteiger partial charge < -0.3 is 15.4 Å². The lowest BCUT2D eigenvalue weighted by Crippen LogP contribution is -2.21. The molecule has 0 heterocycles. The molecule has 4 heteroatoms. The van der Waals surface area contributed by atoms with Crippen LogP contribution in [-0.4, -0.2) is 26.6 Å². The van der Waals surface area contributed by atoms with E-state index in [2.05, 4.69) is 23.6 Å². The van der Waals surface area contributed by atoms with Gasteiger partial charge in [-0.25, -0.2) is 0 Å². The average molecular weight is 250 g/mol. The van der Waals surface area contributed by atoms with Gasteiger partial charge in [-0.05, 0) is 19.5 Å². The fourth-order valence-corrected chi connectivity index (χ4v) is 1.86. The van der Waals surface area contributed by atoms with E-state index < -0.39 is 0 Å². The van der Waals surface area contributed by atoms with Crippen LogP contribution in [-0.2, 0) is 4.79 Å². The molecule has 0 saturated heterocycles. The van der Waals surface area contributed by atoms with Crippen LogP contribution in [0.2, 0.25) is 0 Å². The van der Waals surface area contributed by atoms with Crippen molar-refractivity contribution >= 4 is 5.91 Å². The third-order valence-electron chi connectivity index (χ3n) is 2.92. The maximum atomic E-state index is 11.1. The first-order chi connectivity index (χ1) is 8.72. The van der Waals surface area contributed by atoms with Crippen molar-refractivity contribution in [2.24, 2.45) is 0 Å². The van der Waals surface area contributed by atoms with Gasteiger partial charge in [-0.1, -0.05) is 25.1 Å². The number of para-hydroxylation sites is 1. The number of rotatable bonds is 7. The Bertz CT molecular complexity index is 376. The van der Waals surface area contributed by atoms with Crippen molar-refractivity contribution in [1.29, 1.82) is 0 Å². The van der Waals surface area contributed by atoms with E-state index in [4.69, 9.17) is 4.74 Å². The second-order valence-corrected chi connectivity index (χ2v) is 4.06. The highest BCUT2D eigenvalue weighted by molar-refractivity contribution is 5.75. The molecule has 0 aromatic heterocycles. The molecule has 1 atom stereocenters. The molecule has 0 saturated carbocycles. The number of nitrogens with one attached hydrogen (secondary N) is 2. The molecule has 1 amide bonds. The maximum absolute atomic E-state index is 11.1. The van der Waals surface area contributed by atoms with Gasteiger partial charge >= 0.3 is 0 Å². The maximum Gasteiger partial charge on any atom is 0.223 e. The molecule has 0 aliphatic heterocycles. The van der Waals surface area contributed by atoms with Gasteiger partial charge in [0.15, 0.2) is 0 Å². The van der Waals surface area contributed by atoms with Crippen molar-refractivity contribution in [2.75, 3.05) is 20.7 Å². The van der Waals surface area contributed by atoms with E-state index in [1.54, 1.807) is 7.05 Å². The highest BCUT2D eigenvalue weighted by Crippen LogP contribution is 2.26. The van der Waals surface area contributed by atoms with Crippen molar-refractivity contribution in [3.8, 4) is 5.75 Å². The number of carbonyl (C=O) groups excluding carboxylic acids is 1. The summed E-state index contributed by atoms with van der Waals surface area (Å²) in [7, 11) is 3.57. The Balaban J connectivity index is 2.67. The zero-order valence-corrected chi connectivity index (χ0v) is 11.3. The minimum atomic E-state index is -0.00635. The Morgan fingerprint density at radius 1 is 1.33 bits per heavy atom. The van der Waals surface area contributed by atoms with Gasteiger partial charge in [0.2, 0.25) is 5.91 Å². The highest BCUT2D eigenvalue weighted by atomic mass is 16.5. The van der Waals surface area contributed by atoms with Gasteiger partial charge in [0, 0.05) is 18.7 Å². The van der Waals surface area contributed by atoms with E-state index in [1.807, 2.05) is 25.2 Å². The Labute approximate surface area is 109 Å².